The molecule has 0 heterocycles. The van der Waals surface area contributed by atoms with Crippen molar-refractivity contribution in [3.8, 4) is 11.5 Å². The SMILES string of the molecule is COc1cc(Cl)cc(CC(C)O)c1OC1CCC1. The van der Waals surface area contributed by atoms with Gasteiger partial charge < -0.3 is 14.6 Å². The van der Waals surface area contributed by atoms with Crippen LogP contribution in [0.2, 0.25) is 5.02 Å². The van der Waals surface area contributed by atoms with E-state index in [1.165, 1.54) is 6.42 Å². The molecule has 1 atom stereocenters. The van der Waals surface area contributed by atoms with Crippen LogP contribution in [-0.4, -0.2) is 24.4 Å². The Balaban J connectivity index is 2.30. The number of benzene rings is 1. The van der Waals surface area contributed by atoms with Crippen LogP contribution in [-0.2, 0) is 6.42 Å². The molecule has 4 heteroatoms. The molecule has 1 fully saturated rings. The van der Waals surface area contributed by atoms with Gasteiger partial charge in [-0.15, -0.1) is 0 Å². The Morgan fingerprint density at radius 3 is 2.67 bits per heavy atom. The first-order valence-corrected chi connectivity index (χ1v) is 6.69. The third-order valence-corrected chi connectivity index (χ3v) is 3.39. The lowest BCUT2D eigenvalue weighted by Crippen LogP contribution is -2.25. The van der Waals surface area contributed by atoms with E-state index in [9.17, 15) is 5.11 Å². The van der Waals surface area contributed by atoms with Crippen LogP contribution in [0.1, 0.15) is 31.7 Å². The fourth-order valence-electron chi connectivity index (χ4n) is 2.03. The van der Waals surface area contributed by atoms with Crippen molar-refractivity contribution in [1.82, 2.24) is 0 Å². The van der Waals surface area contributed by atoms with Crippen LogP contribution >= 0.6 is 11.6 Å². The second-order valence-corrected chi connectivity index (χ2v) is 5.26. The van der Waals surface area contributed by atoms with Gasteiger partial charge in [0.1, 0.15) is 0 Å². The van der Waals surface area contributed by atoms with Crippen molar-refractivity contribution in [3.63, 3.8) is 0 Å². The Labute approximate surface area is 113 Å². The predicted molar refractivity (Wildman–Crippen MR) is 71.7 cm³/mol. The molecule has 1 aromatic rings. The molecular formula is C14H19ClO3. The number of methoxy groups -OCH3 is 1. The second-order valence-electron chi connectivity index (χ2n) is 4.82. The van der Waals surface area contributed by atoms with Gasteiger partial charge in [0.2, 0.25) is 0 Å². The highest BCUT2D eigenvalue weighted by molar-refractivity contribution is 6.30. The minimum Gasteiger partial charge on any atom is -0.493 e. The van der Waals surface area contributed by atoms with Crippen molar-refractivity contribution in [2.45, 2.75) is 44.8 Å². The lowest BCUT2D eigenvalue weighted by molar-refractivity contribution is 0.113. The molecule has 0 aliphatic heterocycles. The summed E-state index contributed by atoms with van der Waals surface area (Å²) in [6.45, 7) is 1.75. The van der Waals surface area contributed by atoms with E-state index in [1.54, 1.807) is 20.1 Å². The Hall–Kier alpha value is -0.930. The van der Waals surface area contributed by atoms with Crippen LogP contribution in [0.15, 0.2) is 12.1 Å². The number of rotatable bonds is 5. The van der Waals surface area contributed by atoms with Gasteiger partial charge in [0.05, 0.1) is 19.3 Å². The highest BCUT2D eigenvalue weighted by Crippen LogP contribution is 2.38. The van der Waals surface area contributed by atoms with Crippen molar-refractivity contribution in [2.24, 2.45) is 0 Å². The molecule has 1 aliphatic rings. The summed E-state index contributed by atoms with van der Waals surface area (Å²) >= 11 is 6.05. The molecule has 100 valence electrons. The topological polar surface area (TPSA) is 38.7 Å². The summed E-state index contributed by atoms with van der Waals surface area (Å²) in [4.78, 5) is 0. The molecule has 1 N–H and O–H groups in total. The van der Waals surface area contributed by atoms with E-state index < -0.39 is 6.10 Å². The van der Waals surface area contributed by atoms with E-state index in [-0.39, 0.29) is 6.10 Å². The Kier molecular flexibility index (Phi) is 4.36. The van der Waals surface area contributed by atoms with E-state index in [0.29, 0.717) is 17.2 Å². The van der Waals surface area contributed by atoms with Crippen LogP contribution in [0.3, 0.4) is 0 Å². The smallest absolute Gasteiger partial charge is 0.164 e. The monoisotopic (exact) mass is 270 g/mol. The van der Waals surface area contributed by atoms with Crippen LogP contribution in [0.25, 0.3) is 0 Å². The fraction of sp³-hybridized carbons (Fsp3) is 0.571. The molecule has 2 rings (SSSR count). The molecular weight excluding hydrogens is 252 g/mol. The first kappa shape index (κ1) is 13.5. The van der Waals surface area contributed by atoms with Gasteiger partial charge in [-0.25, -0.2) is 0 Å². The lowest BCUT2D eigenvalue weighted by Gasteiger charge is -2.28. The summed E-state index contributed by atoms with van der Waals surface area (Å²) in [5.74, 6) is 1.37. The van der Waals surface area contributed by atoms with Gasteiger partial charge in [-0.3, -0.25) is 0 Å². The molecule has 0 spiro atoms. The van der Waals surface area contributed by atoms with Gasteiger partial charge in [0.15, 0.2) is 11.5 Å². The summed E-state index contributed by atoms with van der Waals surface area (Å²) < 4.78 is 11.3. The van der Waals surface area contributed by atoms with E-state index >= 15 is 0 Å². The largest absolute Gasteiger partial charge is 0.493 e. The standard InChI is InChI=1S/C14H19ClO3/c1-9(16)6-10-7-11(15)8-13(17-2)14(10)18-12-4-3-5-12/h7-9,12,16H,3-6H2,1-2H3. The average Bonchev–Trinajstić information content (AvgIpc) is 2.23. The molecule has 0 saturated heterocycles. The molecule has 1 aliphatic carbocycles. The predicted octanol–water partition coefficient (Wildman–Crippen LogP) is 3.20. The third-order valence-electron chi connectivity index (χ3n) is 3.17. The Bertz CT molecular complexity index is 414. The summed E-state index contributed by atoms with van der Waals surface area (Å²) in [5.41, 5.74) is 0.904. The minimum absolute atomic E-state index is 0.271. The summed E-state index contributed by atoms with van der Waals surface area (Å²) in [6.07, 6.45) is 3.73. The average molecular weight is 271 g/mol. The Morgan fingerprint density at radius 1 is 1.44 bits per heavy atom. The van der Waals surface area contributed by atoms with Gasteiger partial charge in [-0.05, 0) is 32.3 Å². The quantitative estimate of drug-likeness (QED) is 0.893. The van der Waals surface area contributed by atoms with Gasteiger partial charge in [0.25, 0.3) is 0 Å². The first-order valence-electron chi connectivity index (χ1n) is 6.31. The highest BCUT2D eigenvalue weighted by Gasteiger charge is 2.23. The van der Waals surface area contributed by atoms with Gasteiger partial charge >= 0.3 is 0 Å². The zero-order valence-corrected chi connectivity index (χ0v) is 11.5. The minimum atomic E-state index is -0.433. The second kappa shape index (κ2) is 5.81. The van der Waals surface area contributed by atoms with Crippen molar-refractivity contribution < 1.29 is 14.6 Å². The zero-order chi connectivity index (χ0) is 13.1. The van der Waals surface area contributed by atoms with E-state index in [4.69, 9.17) is 21.1 Å². The van der Waals surface area contributed by atoms with Gasteiger partial charge in [-0.1, -0.05) is 11.6 Å². The Morgan fingerprint density at radius 2 is 2.17 bits per heavy atom. The molecule has 1 saturated carbocycles. The molecule has 0 aromatic heterocycles. The number of aliphatic hydroxyl groups is 1. The number of hydrogen-bond acceptors (Lipinski definition) is 3. The molecule has 0 amide bonds. The molecule has 1 aromatic carbocycles. The van der Waals surface area contributed by atoms with Crippen LogP contribution in [0, 0.1) is 0 Å². The van der Waals surface area contributed by atoms with Gasteiger partial charge in [-0.2, -0.15) is 0 Å². The molecule has 3 nitrogen and oxygen atoms in total. The van der Waals surface area contributed by atoms with Crippen LogP contribution in [0.4, 0.5) is 0 Å². The third kappa shape index (κ3) is 3.09. The highest BCUT2D eigenvalue weighted by atomic mass is 35.5. The maximum atomic E-state index is 9.55. The first-order chi connectivity index (χ1) is 8.60. The van der Waals surface area contributed by atoms with Gasteiger partial charge in [0, 0.05) is 23.1 Å². The van der Waals surface area contributed by atoms with Crippen LogP contribution in [0.5, 0.6) is 11.5 Å². The van der Waals surface area contributed by atoms with Crippen molar-refractivity contribution >= 4 is 11.6 Å². The van der Waals surface area contributed by atoms with Crippen molar-refractivity contribution in [3.05, 3.63) is 22.7 Å². The summed E-state index contributed by atoms with van der Waals surface area (Å²) in [6, 6.07) is 3.59. The molecule has 1 unspecified atom stereocenters. The normalized spacial score (nSPS) is 17.1. The van der Waals surface area contributed by atoms with Crippen molar-refractivity contribution in [1.29, 1.82) is 0 Å². The maximum absolute atomic E-state index is 9.55. The molecule has 0 radical (unpaired) electrons. The van der Waals surface area contributed by atoms with Crippen molar-refractivity contribution in [2.75, 3.05) is 7.11 Å². The number of aliphatic hydroxyl groups excluding tert-OH is 1. The van der Waals surface area contributed by atoms with Crippen LogP contribution < -0.4 is 9.47 Å². The summed E-state index contributed by atoms with van der Waals surface area (Å²) in [5, 5.41) is 10.2. The maximum Gasteiger partial charge on any atom is 0.164 e. The van der Waals surface area contributed by atoms with E-state index in [1.807, 2.05) is 6.07 Å². The molecule has 18 heavy (non-hydrogen) atoms. The zero-order valence-electron chi connectivity index (χ0n) is 10.8. The number of hydrogen-bond donors (Lipinski definition) is 1. The molecule has 0 bridgehead atoms. The fourth-order valence-corrected chi connectivity index (χ4v) is 2.26. The number of halogens is 1. The lowest BCUT2D eigenvalue weighted by atomic mass is 9.96. The summed E-state index contributed by atoms with van der Waals surface area (Å²) in [7, 11) is 1.60. The van der Waals surface area contributed by atoms with E-state index in [0.717, 1.165) is 24.2 Å². The van der Waals surface area contributed by atoms with E-state index in [2.05, 4.69) is 0 Å². The number of ether oxygens (including phenoxy) is 2.